The third-order valence-electron chi connectivity index (χ3n) is 4.83. The molecule has 158 valence electrons. The maximum atomic E-state index is 12.7. The molecular formula is C24H33NO4. The van der Waals surface area contributed by atoms with E-state index >= 15 is 0 Å². The minimum atomic E-state index is -0.487. The first-order valence-electron chi connectivity index (χ1n) is 10.0. The van der Waals surface area contributed by atoms with Crippen molar-refractivity contribution in [1.29, 1.82) is 0 Å². The largest absolute Gasteiger partial charge is 0.493 e. The molecule has 0 aliphatic heterocycles. The number of carbonyl (C=O) groups excluding carboxylic acids is 1. The molecule has 1 amide bonds. The van der Waals surface area contributed by atoms with Crippen LogP contribution >= 0.6 is 0 Å². The van der Waals surface area contributed by atoms with E-state index in [1.165, 1.54) is 5.56 Å². The van der Waals surface area contributed by atoms with E-state index in [1.54, 1.807) is 7.11 Å². The van der Waals surface area contributed by atoms with Gasteiger partial charge in [-0.2, -0.15) is 0 Å². The van der Waals surface area contributed by atoms with Crippen LogP contribution in [0, 0.1) is 19.3 Å². The minimum absolute atomic E-state index is 0.00251. The van der Waals surface area contributed by atoms with Gasteiger partial charge in [0.1, 0.15) is 18.1 Å². The van der Waals surface area contributed by atoms with Gasteiger partial charge in [-0.25, -0.2) is 0 Å². The molecule has 0 aromatic heterocycles. The lowest BCUT2D eigenvalue weighted by atomic mass is 9.87. The number of carbonyl (C=O) groups is 1. The SMILES string of the molecule is COCCOc1ccc(NC(=O)C(C)(C)CCCOc2cc(C)ccc2C)cc1. The molecule has 5 heteroatoms. The number of benzene rings is 2. The Hall–Kier alpha value is -2.53. The van der Waals surface area contributed by atoms with Crippen LogP contribution in [0.5, 0.6) is 11.5 Å². The van der Waals surface area contributed by atoms with Crippen LogP contribution in [0.1, 0.15) is 37.8 Å². The fourth-order valence-corrected chi connectivity index (χ4v) is 2.85. The standard InChI is InChI=1S/C24H33NO4/c1-18-7-8-19(2)22(17-18)29-14-6-13-24(3,4)23(26)25-20-9-11-21(12-10-20)28-16-15-27-5/h7-12,17H,6,13-16H2,1-5H3,(H,25,26). The van der Waals surface area contributed by atoms with Gasteiger partial charge in [0.15, 0.2) is 0 Å². The predicted octanol–water partition coefficient (Wildman–Crippen LogP) is 5.15. The highest BCUT2D eigenvalue weighted by atomic mass is 16.5. The van der Waals surface area contributed by atoms with E-state index < -0.39 is 5.41 Å². The molecule has 2 aromatic rings. The fraction of sp³-hybridized carbons (Fsp3) is 0.458. The normalized spacial score (nSPS) is 11.2. The Morgan fingerprint density at radius 2 is 1.69 bits per heavy atom. The highest BCUT2D eigenvalue weighted by molar-refractivity contribution is 5.94. The van der Waals surface area contributed by atoms with Crippen molar-refractivity contribution >= 4 is 11.6 Å². The van der Waals surface area contributed by atoms with Crippen LogP contribution in [0.2, 0.25) is 0 Å². The van der Waals surface area contributed by atoms with Gasteiger partial charge in [0.05, 0.1) is 13.2 Å². The van der Waals surface area contributed by atoms with E-state index in [-0.39, 0.29) is 5.91 Å². The van der Waals surface area contributed by atoms with Crippen LogP contribution in [0.15, 0.2) is 42.5 Å². The van der Waals surface area contributed by atoms with Gasteiger partial charge in [0.2, 0.25) is 5.91 Å². The topological polar surface area (TPSA) is 56.8 Å². The van der Waals surface area contributed by atoms with Crippen molar-refractivity contribution in [3.05, 3.63) is 53.6 Å². The minimum Gasteiger partial charge on any atom is -0.493 e. The molecular weight excluding hydrogens is 366 g/mol. The molecule has 0 aliphatic carbocycles. The van der Waals surface area contributed by atoms with Gasteiger partial charge in [0.25, 0.3) is 0 Å². The average molecular weight is 400 g/mol. The number of ether oxygens (including phenoxy) is 3. The lowest BCUT2D eigenvalue weighted by Crippen LogP contribution is -2.31. The second-order valence-electron chi connectivity index (χ2n) is 7.92. The van der Waals surface area contributed by atoms with Gasteiger partial charge in [-0.1, -0.05) is 26.0 Å². The van der Waals surface area contributed by atoms with Crippen molar-refractivity contribution in [2.45, 2.75) is 40.5 Å². The van der Waals surface area contributed by atoms with Crippen molar-refractivity contribution in [3.63, 3.8) is 0 Å². The van der Waals surface area contributed by atoms with Crippen LogP contribution < -0.4 is 14.8 Å². The fourth-order valence-electron chi connectivity index (χ4n) is 2.85. The summed E-state index contributed by atoms with van der Waals surface area (Å²) in [4.78, 5) is 12.7. The maximum Gasteiger partial charge on any atom is 0.230 e. The number of anilines is 1. The summed E-state index contributed by atoms with van der Waals surface area (Å²) in [5.74, 6) is 1.67. The molecule has 5 nitrogen and oxygen atoms in total. The summed E-state index contributed by atoms with van der Waals surface area (Å²) in [6.45, 7) is 9.65. The summed E-state index contributed by atoms with van der Waals surface area (Å²) in [5, 5.41) is 2.99. The summed E-state index contributed by atoms with van der Waals surface area (Å²) in [7, 11) is 1.64. The van der Waals surface area contributed by atoms with E-state index in [0.29, 0.717) is 19.8 Å². The first kappa shape index (κ1) is 22.8. The van der Waals surface area contributed by atoms with Gasteiger partial charge in [0, 0.05) is 18.2 Å². The van der Waals surface area contributed by atoms with E-state index in [0.717, 1.165) is 35.6 Å². The molecule has 2 aromatic carbocycles. The number of nitrogens with one attached hydrogen (secondary N) is 1. The van der Waals surface area contributed by atoms with Gasteiger partial charge in [-0.3, -0.25) is 4.79 Å². The Bertz CT molecular complexity index is 784. The summed E-state index contributed by atoms with van der Waals surface area (Å²) in [6, 6.07) is 13.6. The Balaban J connectivity index is 1.79. The molecule has 2 rings (SSSR count). The Labute approximate surface area is 174 Å². The molecule has 1 N–H and O–H groups in total. The van der Waals surface area contributed by atoms with E-state index in [2.05, 4.69) is 30.4 Å². The Kier molecular flexibility index (Phi) is 8.52. The van der Waals surface area contributed by atoms with Crippen LogP contribution in [0.3, 0.4) is 0 Å². The van der Waals surface area contributed by atoms with Crippen molar-refractivity contribution in [1.82, 2.24) is 0 Å². The second-order valence-corrected chi connectivity index (χ2v) is 7.92. The van der Waals surface area contributed by atoms with Crippen LogP contribution in [0.25, 0.3) is 0 Å². The molecule has 0 unspecified atom stereocenters. The molecule has 0 radical (unpaired) electrons. The number of hydrogen-bond acceptors (Lipinski definition) is 4. The summed E-state index contributed by atoms with van der Waals surface area (Å²) in [6.07, 6.45) is 1.54. The number of hydrogen-bond donors (Lipinski definition) is 1. The lowest BCUT2D eigenvalue weighted by molar-refractivity contribution is -0.124. The van der Waals surface area contributed by atoms with Crippen LogP contribution in [-0.4, -0.2) is 32.8 Å². The monoisotopic (exact) mass is 399 g/mol. The third-order valence-corrected chi connectivity index (χ3v) is 4.83. The number of aryl methyl sites for hydroxylation is 2. The molecule has 0 heterocycles. The summed E-state index contributed by atoms with van der Waals surface area (Å²) in [5.41, 5.74) is 2.58. The third kappa shape index (κ3) is 7.42. The number of methoxy groups -OCH3 is 1. The Morgan fingerprint density at radius 1 is 0.966 bits per heavy atom. The number of rotatable bonds is 11. The van der Waals surface area contributed by atoms with E-state index in [9.17, 15) is 4.79 Å². The molecule has 0 spiro atoms. The zero-order valence-electron chi connectivity index (χ0n) is 18.2. The van der Waals surface area contributed by atoms with Crippen molar-refractivity contribution < 1.29 is 19.0 Å². The predicted molar refractivity (Wildman–Crippen MR) is 117 cm³/mol. The highest BCUT2D eigenvalue weighted by Gasteiger charge is 2.27. The lowest BCUT2D eigenvalue weighted by Gasteiger charge is -2.24. The molecule has 29 heavy (non-hydrogen) atoms. The van der Waals surface area contributed by atoms with E-state index in [1.807, 2.05) is 45.0 Å². The maximum absolute atomic E-state index is 12.7. The van der Waals surface area contributed by atoms with Crippen LogP contribution in [0.4, 0.5) is 5.69 Å². The molecule has 0 atom stereocenters. The molecule has 0 saturated heterocycles. The summed E-state index contributed by atoms with van der Waals surface area (Å²) >= 11 is 0. The quantitative estimate of drug-likeness (QED) is 0.531. The van der Waals surface area contributed by atoms with Gasteiger partial charge < -0.3 is 19.5 Å². The molecule has 0 bridgehead atoms. The highest BCUT2D eigenvalue weighted by Crippen LogP contribution is 2.26. The van der Waals surface area contributed by atoms with Crippen molar-refractivity contribution in [2.75, 3.05) is 32.2 Å². The first-order chi connectivity index (χ1) is 13.8. The van der Waals surface area contributed by atoms with Gasteiger partial charge in [-0.15, -0.1) is 0 Å². The number of amides is 1. The second kappa shape index (κ2) is 10.9. The van der Waals surface area contributed by atoms with Crippen LogP contribution in [-0.2, 0) is 9.53 Å². The van der Waals surface area contributed by atoms with Gasteiger partial charge in [-0.05, 0) is 68.1 Å². The molecule has 0 aliphatic rings. The first-order valence-corrected chi connectivity index (χ1v) is 10.0. The summed E-state index contributed by atoms with van der Waals surface area (Å²) < 4.78 is 16.4. The van der Waals surface area contributed by atoms with Gasteiger partial charge >= 0.3 is 0 Å². The Morgan fingerprint density at radius 3 is 2.38 bits per heavy atom. The molecule has 0 fully saturated rings. The van der Waals surface area contributed by atoms with Crippen molar-refractivity contribution in [2.24, 2.45) is 5.41 Å². The van der Waals surface area contributed by atoms with Crippen molar-refractivity contribution in [3.8, 4) is 11.5 Å². The average Bonchev–Trinajstić information content (AvgIpc) is 2.69. The van der Waals surface area contributed by atoms with E-state index in [4.69, 9.17) is 14.2 Å². The molecule has 0 saturated carbocycles. The zero-order valence-corrected chi connectivity index (χ0v) is 18.2. The smallest absolute Gasteiger partial charge is 0.230 e. The zero-order chi connectivity index (χ0) is 21.3.